The lowest BCUT2D eigenvalue weighted by Gasteiger charge is -2.18. The minimum atomic E-state index is 0.494. The SMILES string of the molecule is CN(Cc1ccc(Cl)cc1)c1ccc(CCl)cn1. The van der Waals surface area contributed by atoms with Crippen molar-refractivity contribution in [2.24, 2.45) is 0 Å². The summed E-state index contributed by atoms with van der Waals surface area (Å²) in [6, 6.07) is 11.8. The molecular weight excluding hydrogens is 267 g/mol. The number of anilines is 1. The average Bonchev–Trinajstić information content (AvgIpc) is 2.41. The van der Waals surface area contributed by atoms with Crippen LogP contribution in [-0.2, 0) is 12.4 Å². The van der Waals surface area contributed by atoms with Crippen LogP contribution in [0, 0.1) is 0 Å². The second-order valence-corrected chi connectivity index (χ2v) is 4.84. The Morgan fingerprint density at radius 3 is 2.28 bits per heavy atom. The van der Waals surface area contributed by atoms with E-state index in [1.54, 1.807) is 6.20 Å². The first-order valence-electron chi connectivity index (χ1n) is 5.65. The van der Waals surface area contributed by atoms with Gasteiger partial charge in [0.25, 0.3) is 0 Å². The molecule has 2 rings (SSSR count). The Labute approximate surface area is 117 Å². The van der Waals surface area contributed by atoms with Crippen LogP contribution >= 0.6 is 23.2 Å². The Balaban J connectivity index is 2.06. The molecule has 0 saturated carbocycles. The van der Waals surface area contributed by atoms with Crippen molar-refractivity contribution in [2.75, 3.05) is 11.9 Å². The summed E-state index contributed by atoms with van der Waals surface area (Å²) in [5.41, 5.74) is 2.23. The number of rotatable bonds is 4. The van der Waals surface area contributed by atoms with E-state index in [9.17, 15) is 0 Å². The molecule has 94 valence electrons. The van der Waals surface area contributed by atoms with E-state index < -0.39 is 0 Å². The van der Waals surface area contributed by atoms with Crippen molar-refractivity contribution in [3.8, 4) is 0 Å². The van der Waals surface area contributed by atoms with Crippen LogP contribution < -0.4 is 4.90 Å². The maximum atomic E-state index is 5.86. The molecule has 0 unspecified atom stereocenters. The third-order valence-corrected chi connectivity index (χ3v) is 3.25. The molecule has 0 saturated heterocycles. The van der Waals surface area contributed by atoms with Gasteiger partial charge >= 0.3 is 0 Å². The Morgan fingerprint density at radius 2 is 1.72 bits per heavy atom. The molecule has 0 aliphatic carbocycles. The number of hydrogen-bond acceptors (Lipinski definition) is 2. The third-order valence-electron chi connectivity index (χ3n) is 2.69. The Bertz CT molecular complexity index is 494. The van der Waals surface area contributed by atoms with Crippen molar-refractivity contribution in [3.63, 3.8) is 0 Å². The summed E-state index contributed by atoms with van der Waals surface area (Å²) in [6.45, 7) is 0.796. The molecule has 2 aromatic rings. The molecule has 2 nitrogen and oxygen atoms in total. The Morgan fingerprint density at radius 1 is 1.06 bits per heavy atom. The fraction of sp³-hybridized carbons (Fsp3) is 0.214. The van der Waals surface area contributed by atoms with Gasteiger partial charge in [-0.05, 0) is 29.3 Å². The molecule has 0 fully saturated rings. The monoisotopic (exact) mass is 280 g/mol. The number of halogens is 2. The molecule has 1 heterocycles. The minimum absolute atomic E-state index is 0.494. The zero-order valence-electron chi connectivity index (χ0n) is 10.1. The highest BCUT2D eigenvalue weighted by Crippen LogP contribution is 2.15. The fourth-order valence-corrected chi connectivity index (χ4v) is 1.95. The van der Waals surface area contributed by atoms with Crippen LogP contribution in [0.15, 0.2) is 42.6 Å². The molecule has 0 aliphatic rings. The predicted molar refractivity (Wildman–Crippen MR) is 77.4 cm³/mol. The molecule has 0 radical (unpaired) electrons. The molecule has 0 aliphatic heterocycles. The van der Waals surface area contributed by atoms with E-state index >= 15 is 0 Å². The first kappa shape index (κ1) is 13.2. The topological polar surface area (TPSA) is 16.1 Å². The van der Waals surface area contributed by atoms with Crippen LogP contribution in [0.3, 0.4) is 0 Å². The Hall–Kier alpha value is -1.25. The predicted octanol–water partition coefficient (Wildman–Crippen LogP) is 4.11. The van der Waals surface area contributed by atoms with Crippen LogP contribution in [-0.4, -0.2) is 12.0 Å². The molecule has 0 bridgehead atoms. The van der Waals surface area contributed by atoms with Gasteiger partial charge in [0.1, 0.15) is 5.82 Å². The van der Waals surface area contributed by atoms with Gasteiger partial charge in [0.15, 0.2) is 0 Å². The van der Waals surface area contributed by atoms with Crippen molar-refractivity contribution in [3.05, 3.63) is 58.7 Å². The van der Waals surface area contributed by atoms with E-state index in [0.717, 1.165) is 22.9 Å². The van der Waals surface area contributed by atoms with Gasteiger partial charge in [-0.3, -0.25) is 0 Å². The molecule has 4 heteroatoms. The molecule has 0 spiro atoms. The quantitative estimate of drug-likeness (QED) is 0.784. The van der Waals surface area contributed by atoms with Gasteiger partial charge in [-0.25, -0.2) is 4.98 Å². The zero-order valence-corrected chi connectivity index (χ0v) is 11.6. The number of aromatic nitrogens is 1. The van der Waals surface area contributed by atoms with E-state index in [1.165, 1.54) is 5.56 Å². The highest BCUT2D eigenvalue weighted by molar-refractivity contribution is 6.30. The maximum Gasteiger partial charge on any atom is 0.128 e. The number of benzene rings is 1. The van der Waals surface area contributed by atoms with Crippen molar-refractivity contribution in [1.82, 2.24) is 4.98 Å². The first-order chi connectivity index (χ1) is 8.69. The lowest BCUT2D eigenvalue weighted by molar-refractivity contribution is 0.896. The number of pyridine rings is 1. The summed E-state index contributed by atoms with van der Waals surface area (Å²) >= 11 is 11.6. The largest absolute Gasteiger partial charge is 0.355 e. The summed E-state index contributed by atoms with van der Waals surface area (Å²) < 4.78 is 0. The minimum Gasteiger partial charge on any atom is -0.355 e. The van der Waals surface area contributed by atoms with Crippen molar-refractivity contribution in [2.45, 2.75) is 12.4 Å². The summed E-state index contributed by atoms with van der Waals surface area (Å²) in [7, 11) is 2.01. The third kappa shape index (κ3) is 3.37. The van der Waals surface area contributed by atoms with Crippen LogP contribution in [0.4, 0.5) is 5.82 Å². The standard InChI is InChI=1S/C14H14Cl2N2/c1-18(10-11-2-5-13(16)6-3-11)14-7-4-12(8-15)9-17-14/h2-7,9H,8,10H2,1H3. The highest BCUT2D eigenvalue weighted by atomic mass is 35.5. The molecule has 0 atom stereocenters. The second-order valence-electron chi connectivity index (χ2n) is 4.14. The summed E-state index contributed by atoms with van der Waals surface area (Å²) in [5, 5.41) is 0.756. The van der Waals surface area contributed by atoms with Crippen LogP contribution in [0.2, 0.25) is 5.02 Å². The smallest absolute Gasteiger partial charge is 0.128 e. The summed E-state index contributed by atoms with van der Waals surface area (Å²) in [6.07, 6.45) is 1.81. The molecule has 18 heavy (non-hydrogen) atoms. The van der Waals surface area contributed by atoms with E-state index in [0.29, 0.717) is 5.88 Å². The van der Waals surface area contributed by atoms with Crippen LogP contribution in [0.25, 0.3) is 0 Å². The van der Waals surface area contributed by atoms with Gasteiger partial charge in [-0.15, -0.1) is 11.6 Å². The Kier molecular flexibility index (Phi) is 4.45. The van der Waals surface area contributed by atoms with Gasteiger partial charge < -0.3 is 4.90 Å². The molecule has 1 aromatic carbocycles. The van der Waals surface area contributed by atoms with Crippen LogP contribution in [0.1, 0.15) is 11.1 Å². The lowest BCUT2D eigenvalue weighted by atomic mass is 10.2. The normalized spacial score (nSPS) is 10.4. The first-order valence-corrected chi connectivity index (χ1v) is 6.57. The van der Waals surface area contributed by atoms with Crippen LogP contribution in [0.5, 0.6) is 0 Å². The van der Waals surface area contributed by atoms with E-state index in [1.807, 2.05) is 43.4 Å². The average molecular weight is 281 g/mol. The zero-order chi connectivity index (χ0) is 13.0. The van der Waals surface area contributed by atoms with Gasteiger partial charge in [0.05, 0.1) is 0 Å². The van der Waals surface area contributed by atoms with Gasteiger partial charge in [0.2, 0.25) is 0 Å². The number of alkyl halides is 1. The van der Waals surface area contributed by atoms with E-state index in [2.05, 4.69) is 9.88 Å². The molecule has 0 N–H and O–H groups in total. The van der Waals surface area contributed by atoms with Crippen molar-refractivity contribution >= 4 is 29.0 Å². The highest BCUT2D eigenvalue weighted by Gasteiger charge is 2.03. The van der Waals surface area contributed by atoms with Crippen molar-refractivity contribution < 1.29 is 0 Å². The molecular formula is C14H14Cl2N2. The molecule has 0 amide bonds. The summed E-state index contributed by atoms with van der Waals surface area (Å²) in [5.74, 6) is 1.42. The maximum absolute atomic E-state index is 5.86. The van der Waals surface area contributed by atoms with Gasteiger partial charge in [-0.2, -0.15) is 0 Å². The van der Waals surface area contributed by atoms with E-state index in [-0.39, 0.29) is 0 Å². The number of nitrogens with zero attached hydrogens (tertiary/aromatic N) is 2. The van der Waals surface area contributed by atoms with Crippen molar-refractivity contribution in [1.29, 1.82) is 0 Å². The fourth-order valence-electron chi connectivity index (χ4n) is 1.67. The van der Waals surface area contributed by atoms with E-state index in [4.69, 9.17) is 23.2 Å². The summed E-state index contributed by atoms with van der Waals surface area (Å²) in [4.78, 5) is 6.46. The number of hydrogen-bond donors (Lipinski definition) is 0. The lowest BCUT2D eigenvalue weighted by Crippen LogP contribution is -2.17. The van der Waals surface area contributed by atoms with Gasteiger partial charge in [-0.1, -0.05) is 29.8 Å². The molecule has 1 aromatic heterocycles. The van der Waals surface area contributed by atoms with Gasteiger partial charge in [0, 0.05) is 30.7 Å². The second kappa shape index (κ2) is 6.07.